The van der Waals surface area contributed by atoms with Crippen molar-refractivity contribution in [3.05, 3.63) is 0 Å². The average Bonchev–Trinajstić information content (AvgIpc) is 2.59. The predicted octanol–water partition coefficient (Wildman–Crippen LogP) is 1.05. The minimum atomic E-state index is 0.593. The Kier molecular flexibility index (Phi) is 8.46. The molecule has 3 aliphatic heterocycles. The predicted molar refractivity (Wildman–Crippen MR) is 107 cm³/mol. The fourth-order valence-corrected chi connectivity index (χ4v) is 4.02. The number of guanidine groups is 1. The fourth-order valence-electron chi connectivity index (χ4n) is 4.02. The lowest BCUT2D eigenvalue weighted by molar-refractivity contribution is 0.0174. The van der Waals surface area contributed by atoms with Gasteiger partial charge in [-0.1, -0.05) is 0 Å². The van der Waals surface area contributed by atoms with Crippen molar-refractivity contribution in [1.29, 1.82) is 0 Å². The minimum absolute atomic E-state index is 0.593. The molecule has 0 aromatic heterocycles. The maximum absolute atomic E-state index is 4.86. The van der Waals surface area contributed by atoms with E-state index in [1.165, 1.54) is 32.7 Å². The molecule has 25 heavy (non-hydrogen) atoms. The molecule has 146 valence electrons. The molecule has 0 aromatic carbocycles. The first-order valence-electron chi connectivity index (χ1n) is 10.3. The van der Waals surface area contributed by atoms with Crippen LogP contribution in [-0.4, -0.2) is 97.7 Å². The Bertz CT molecular complexity index is 393. The maximum Gasteiger partial charge on any atom is 0.191 e. The second kappa shape index (κ2) is 10.3. The summed E-state index contributed by atoms with van der Waals surface area (Å²) < 4.78 is 0. The minimum Gasteiger partial charge on any atom is -0.357 e. The van der Waals surface area contributed by atoms with E-state index < -0.39 is 0 Å². The van der Waals surface area contributed by atoms with E-state index in [1.807, 2.05) is 0 Å². The lowest BCUT2D eigenvalue weighted by Gasteiger charge is -2.47. The summed E-state index contributed by atoms with van der Waals surface area (Å²) in [6.07, 6.45) is 1.14. The van der Waals surface area contributed by atoms with E-state index in [4.69, 9.17) is 4.99 Å². The van der Waals surface area contributed by atoms with Crippen LogP contribution >= 0.6 is 0 Å². The molecule has 6 heteroatoms. The molecule has 0 amide bonds. The molecule has 3 aliphatic rings. The van der Waals surface area contributed by atoms with Gasteiger partial charge in [-0.3, -0.25) is 19.7 Å². The smallest absolute Gasteiger partial charge is 0.191 e. The molecule has 1 atom stereocenters. The molecule has 0 aliphatic carbocycles. The molecule has 0 saturated carbocycles. The van der Waals surface area contributed by atoms with Gasteiger partial charge in [0.05, 0.1) is 6.54 Å². The van der Waals surface area contributed by atoms with Crippen LogP contribution in [0.5, 0.6) is 0 Å². The molecule has 0 spiro atoms. The van der Waals surface area contributed by atoms with Gasteiger partial charge in [-0.05, 0) is 41.0 Å². The van der Waals surface area contributed by atoms with Crippen LogP contribution in [0.1, 0.15) is 41.0 Å². The van der Waals surface area contributed by atoms with Crippen LogP contribution in [0.15, 0.2) is 4.99 Å². The summed E-state index contributed by atoms with van der Waals surface area (Å²) >= 11 is 0. The zero-order valence-corrected chi connectivity index (χ0v) is 17.1. The SMILES string of the molecule is CCNC(=NCC1CN2CCN1CC2)NCCCN(C(C)C)C(C)C. The number of hydrogen-bond donors (Lipinski definition) is 2. The van der Waals surface area contributed by atoms with Gasteiger partial charge in [0.25, 0.3) is 0 Å². The van der Waals surface area contributed by atoms with E-state index in [0.717, 1.165) is 38.6 Å². The second-order valence-corrected chi connectivity index (χ2v) is 7.92. The van der Waals surface area contributed by atoms with E-state index in [0.29, 0.717) is 18.1 Å². The van der Waals surface area contributed by atoms with E-state index in [-0.39, 0.29) is 0 Å². The van der Waals surface area contributed by atoms with Crippen LogP contribution in [0, 0.1) is 0 Å². The quantitative estimate of drug-likeness (QED) is 0.369. The summed E-state index contributed by atoms with van der Waals surface area (Å²) in [5.41, 5.74) is 0. The van der Waals surface area contributed by atoms with Gasteiger partial charge in [-0.15, -0.1) is 0 Å². The highest BCUT2D eigenvalue weighted by Gasteiger charge is 2.31. The lowest BCUT2D eigenvalue weighted by Crippen LogP contribution is -2.62. The van der Waals surface area contributed by atoms with Crippen molar-refractivity contribution in [1.82, 2.24) is 25.3 Å². The van der Waals surface area contributed by atoms with Crippen LogP contribution < -0.4 is 10.6 Å². The first-order chi connectivity index (χ1) is 12.0. The molecule has 3 saturated heterocycles. The highest BCUT2D eigenvalue weighted by molar-refractivity contribution is 5.79. The number of hydrogen-bond acceptors (Lipinski definition) is 4. The second-order valence-electron chi connectivity index (χ2n) is 7.92. The third-order valence-electron chi connectivity index (χ3n) is 5.41. The van der Waals surface area contributed by atoms with Crippen molar-refractivity contribution in [3.63, 3.8) is 0 Å². The number of fused-ring (bicyclic) bond motifs is 3. The highest BCUT2D eigenvalue weighted by Crippen LogP contribution is 2.15. The van der Waals surface area contributed by atoms with Crippen molar-refractivity contribution >= 4 is 5.96 Å². The first-order valence-corrected chi connectivity index (χ1v) is 10.3. The Morgan fingerprint density at radius 2 is 1.76 bits per heavy atom. The zero-order chi connectivity index (χ0) is 18.2. The summed E-state index contributed by atoms with van der Waals surface area (Å²) in [6, 6.07) is 1.80. The average molecular weight is 353 g/mol. The largest absolute Gasteiger partial charge is 0.357 e. The fraction of sp³-hybridized carbons (Fsp3) is 0.947. The number of nitrogens with one attached hydrogen (secondary N) is 2. The van der Waals surface area contributed by atoms with Gasteiger partial charge in [0.2, 0.25) is 0 Å². The van der Waals surface area contributed by atoms with E-state index in [1.54, 1.807) is 0 Å². The lowest BCUT2D eigenvalue weighted by atomic mass is 10.1. The van der Waals surface area contributed by atoms with Crippen LogP contribution in [0.3, 0.4) is 0 Å². The van der Waals surface area contributed by atoms with Gasteiger partial charge in [-0.2, -0.15) is 0 Å². The van der Waals surface area contributed by atoms with Crippen LogP contribution in [-0.2, 0) is 0 Å². The highest BCUT2D eigenvalue weighted by atomic mass is 15.3. The van der Waals surface area contributed by atoms with E-state index in [2.05, 4.69) is 60.0 Å². The normalized spacial score (nSPS) is 26.7. The Morgan fingerprint density at radius 1 is 1.08 bits per heavy atom. The molecule has 1 unspecified atom stereocenters. The topological polar surface area (TPSA) is 46.1 Å². The summed E-state index contributed by atoms with van der Waals surface area (Å²) in [7, 11) is 0. The summed E-state index contributed by atoms with van der Waals surface area (Å²) in [4.78, 5) is 12.6. The maximum atomic E-state index is 4.86. The van der Waals surface area contributed by atoms with Gasteiger partial charge in [0.15, 0.2) is 5.96 Å². The van der Waals surface area contributed by atoms with Crippen LogP contribution in [0.25, 0.3) is 0 Å². The van der Waals surface area contributed by atoms with Gasteiger partial charge in [0.1, 0.15) is 0 Å². The molecule has 3 rings (SSSR count). The summed E-state index contributed by atoms with van der Waals surface area (Å²) in [5, 5.41) is 6.91. The third kappa shape index (κ3) is 6.42. The Morgan fingerprint density at radius 3 is 2.28 bits per heavy atom. The van der Waals surface area contributed by atoms with Gasteiger partial charge in [0, 0.05) is 70.5 Å². The molecule has 0 radical (unpaired) electrons. The van der Waals surface area contributed by atoms with Crippen molar-refractivity contribution in [3.8, 4) is 0 Å². The molecule has 2 bridgehead atoms. The molecule has 2 N–H and O–H groups in total. The van der Waals surface area contributed by atoms with Gasteiger partial charge >= 0.3 is 0 Å². The van der Waals surface area contributed by atoms with Crippen molar-refractivity contribution < 1.29 is 0 Å². The summed E-state index contributed by atoms with van der Waals surface area (Å²) in [6.45, 7) is 21.3. The van der Waals surface area contributed by atoms with Crippen molar-refractivity contribution in [2.75, 3.05) is 58.9 Å². The monoisotopic (exact) mass is 352 g/mol. The van der Waals surface area contributed by atoms with Crippen LogP contribution in [0.2, 0.25) is 0 Å². The van der Waals surface area contributed by atoms with E-state index in [9.17, 15) is 0 Å². The molecule has 6 nitrogen and oxygen atoms in total. The molecule has 0 aromatic rings. The first kappa shape index (κ1) is 20.5. The van der Waals surface area contributed by atoms with Gasteiger partial charge in [-0.25, -0.2) is 0 Å². The van der Waals surface area contributed by atoms with Crippen molar-refractivity contribution in [2.45, 2.75) is 59.2 Å². The Hall–Kier alpha value is -0.850. The molecular weight excluding hydrogens is 312 g/mol. The van der Waals surface area contributed by atoms with Crippen LogP contribution in [0.4, 0.5) is 0 Å². The number of rotatable bonds is 9. The molecule has 3 fully saturated rings. The van der Waals surface area contributed by atoms with Crippen molar-refractivity contribution in [2.24, 2.45) is 4.99 Å². The Balaban J connectivity index is 1.74. The third-order valence-corrected chi connectivity index (χ3v) is 5.41. The summed E-state index contributed by atoms with van der Waals surface area (Å²) in [5.74, 6) is 0.973. The molecular formula is C19H40N6. The number of nitrogens with zero attached hydrogens (tertiary/aromatic N) is 4. The van der Waals surface area contributed by atoms with Gasteiger partial charge < -0.3 is 10.6 Å². The number of aliphatic imine (C=N–C) groups is 1. The number of piperazine rings is 3. The molecule has 3 heterocycles. The Labute approximate surface area is 155 Å². The standard InChI is InChI=1S/C19H40N6/c1-6-20-19(21-8-7-9-25(16(2)3)17(4)5)22-14-18-15-23-10-12-24(18)13-11-23/h16-18H,6-15H2,1-5H3,(H2,20,21,22). The van der Waals surface area contributed by atoms with E-state index >= 15 is 0 Å². The zero-order valence-electron chi connectivity index (χ0n) is 17.1.